The molecule has 0 N–H and O–H groups in total. The Morgan fingerprint density at radius 2 is 2.16 bits per heavy atom. The first kappa shape index (κ1) is 13.0. The maximum atomic E-state index is 11.9. The SMILES string of the molecule is CCOC(=O)C(=O)CCn1nc2ccccn2c1=O. The van der Waals surface area contributed by atoms with E-state index in [0.29, 0.717) is 5.65 Å². The van der Waals surface area contributed by atoms with Crippen LogP contribution < -0.4 is 5.69 Å². The molecule has 0 unspecified atom stereocenters. The number of carbonyl (C=O) groups is 2. The van der Waals surface area contributed by atoms with Crippen molar-refractivity contribution in [1.82, 2.24) is 14.2 Å². The molecule has 0 fully saturated rings. The summed E-state index contributed by atoms with van der Waals surface area (Å²) in [6, 6.07) is 5.16. The maximum Gasteiger partial charge on any atom is 0.374 e. The van der Waals surface area contributed by atoms with Crippen molar-refractivity contribution < 1.29 is 14.3 Å². The summed E-state index contributed by atoms with van der Waals surface area (Å²) in [5.74, 6) is -1.54. The average molecular weight is 263 g/mol. The molecule has 2 heterocycles. The highest BCUT2D eigenvalue weighted by Crippen LogP contribution is 1.97. The van der Waals surface area contributed by atoms with E-state index in [1.807, 2.05) is 0 Å². The average Bonchev–Trinajstić information content (AvgIpc) is 2.73. The Kier molecular flexibility index (Phi) is 3.74. The fraction of sp³-hybridized carbons (Fsp3) is 0.333. The molecule has 0 amide bonds. The van der Waals surface area contributed by atoms with Crippen LogP contribution in [0.2, 0.25) is 0 Å². The van der Waals surface area contributed by atoms with Gasteiger partial charge in [-0.05, 0) is 19.1 Å². The second-order valence-corrected chi connectivity index (χ2v) is 3.83. The van der Waals surface area contributed by atoms with Crippen LogP contribution in [0.25, 0.3) is 5.65 Å². The van der Waals surface area contributed by atoms with E-state index in [1.54, 1.807) is 31.3 Å². The van der Waals surface area contributed by atoms with Crippen LogP contribution >= 0.6 is 0 Å². The molecule has 0 bridgehead atoms. The molecule has 19 heavy (non-hydrogen) atoms. The van der Waals surface area contributed by atoms with Gasteiger partial charge in [0.1, 0.15) is 0 Å². The van der Waals surface area contributed by atoms with Gasteiger partial charge in [0.05, 0.1) is 13.2 Å². The number of pyridine rings is 1. The molecule has 0 aliphatic heterocycles. The predicted molar refractivity (Wildman–Crippen MR) is 65.7 cm³/mol. The van der Waals surface area contributed by atoms with Crippen LogP contribution in [-0.2, 0) is 20.9 Å². The van der Waals surface area contributed by atoms with E-state index in [-0.39, 0.29) is 25.3 Å². The minimum Gasteiger partial charge on any atom is -0.460 e. The van der Waals surface area contributed by atoms with Gasteiger partial charge in [0.25, 0.3) is 0 Å². The minimum atomic E-state index is -0.876. The number of fused-ring (bicyclic) bond motifs is 1. The van der Waals surface area contributed by atoms with E-state index in [4.69, 9.17) is 0 Å². The van der Waals surface area contributed by atoms with Crippen molar-refractivity contribution in [1.29, 1.82) is 0 Å². The van der Waals surface area contributed by atoms with E-state index in [1.165, 1.54) is 4.40 Å². The van der Waals surface area contributed by atoms with Crippen LogP contribution in [-0.4, -0.2) is 32.5 Å². The summed E-state index contributed by atoms with van der Waals surface area (Å²) < 4.78 is 7.11. The summed E-state index contributed by atoms with van der Waals surface area (Å²) in [5, 5.41) is 4.05. The monoisotopic (exact) mass is 263 g/mol. The Labute approximate surface area is 108 Å². The molecule has 0 aliphatic rings. The number of aromatic nitrogens is 3. The third-order valence-electron chi connectivity index (χ3n) is 2.54. The normalized spacial score (nSPS) is 10.6. The fourth-order valence-corrected chi connectivity index (χ4v) is 1.63. The Balaban J connectivity index is 2.10. The summed E-state index contributed by atoms with van der Waals surface area (Å²) >= 11 is 0. The number of aryl methyl sites for hydroxylation is 1. The van der Waals surface area contributed by atoms with Crippen LogP contribution in [0.4, 0.5) is 0 Å². The Bertz CT molecular complexity index is 671. The van der Waals surface area contributed by atoms with Crippen LogP contribution in [0.15, 0.2) is 29.2 Å². The third kappa shape index (κ3) is 2.70. The highest BCUT2D eigenvalue weighted by atomic mass is 16.5. The third-order valence-corrected chi connectivity index (χ3v) is 2.54. The van der Waals surface area contributed by atoms with E-state index in [2.05, 4.69) is 9.84 Å². The Hall–Kier alpha value is -2.44. The first-order chi connectivity index (χ1) is 9.13. The molecule has 0 aromatic carbocycles. The van der Waals surface area contributed by atoms with Gasteiger partial charge in [0.15, 0.2) is 5.65 Å². The molecule has 0 aliphatic carbocycles. The lowest BCUT2D eigenvalue weighted by molar-refractivity contribution is -0.153. The Morgan fingerprint density at radius 3 is 2.84 bits per heavy atom. The van der Waals surface area contributed by atoms with E-state index in [0.717, 1.165) is 4.68 Å². The molecule has 2 aromatic heterocycles. The molecule has 100 valence electrons. The van der Waals surface area contributed by atoms with Crippen LogP contribution in [0.3, 0.4) is 0 Å². The molecule has 0 spiro atoms. The molecule has 0 radical (unpaired) electrons. The molecule has 0 saturated carbocycles. The fourth-order valence-electron chi connectivity index (χ4n) is 1.63. The summed E-state index contributed by atoms with van der Waals surface area (Å²) in [6.07, 6.45) is 1.48. The van der Waals surface area contributed by atoms with Gasteiger partial charge in [0, 0.05) is 12.6 Å². The van der Waals surface area contributed by atoms with Gasteiger partial charge in [-0.25, -0.2) is 14.3 Å². The second-order valence-electron chi connectivity index (χ2n) is 3.83. The van der Waals surface area contributed by atoms with Crippen molar-refractivity contribution >= 4 is 17.4 Å². The zero-order valence-electron chi connectivity index (χ0n) is 10.4. The van der Waals surface area contributed by atoms with Gasteiger partial charge in [0.2, 0.25) is 5.78 Å². The van der Waals surface area contributed by atoms with Crippen molar-refractivity contribution in [2.45, 2.75) is 19.9 Å². The zero-order chi connectivity index (χ0) is 13.8. The Morgan fingerprint density at radius 1 is 1.37 bits per heavy atom. The minimum absolute atomic E-state index is 0.0537. The molecule has 2 aromatic rings. The molecule has 7 nitrogen and oxygen atoms in total. The number of esters is 1. The molecular formula is C12H13N3O4. The van der Waals surface area contributed by atoms with Gasteiger partial charge >= 0.3 is 11.7 Å². The number of Topliss-reactive ketones (excluding diaryl/α,β-unsaturated/α-hetero) is 1. The highest BCUT2D eigenvalue weighted by Gasteiger charge is 2.15. The van der Waals surface area contributed by atoms with Gasteiger partial charge in [-0.1, -0.05) is 6.07 Å². The van der Waals surface area contributed by atoms with E-state index >= 15 is 0 Å². The molecule has 0 atom stereocenters. The molecule has 2 rings (SSSR count). The number of ketones is 1. The van der Waals surface area contributed by atoms with Crippen molar-refractivity contribution in [3.63, 3.8) is 0 Å². The summed E-state index contributed by atoms with van der Waals surface area (Å²) in [6.45, 7) is 1.83. The lowest BCUT2D eigenvalue weighted by Gasteiger charge is -2.00. The maximum absolute atomic E-state index is 11.9. The smallest absolute Gasteiger partial charge is 0.374 e. The van der Waals surface area contributed by atoms with Crippen molar-refractivity contribution in [3.8, 4) is 0 Å². The highest BCUT2D eigenvalue weighted by molar-refractivity contribution is 6.33. The van der Waals surface area contributed by atoms with Crippen molar-refractivity contribution in [2.75, 3.05) is 6.61 Å². The van der Waals surface area contributed by atoms with Gasteiger partial charge in [-0.3, -0.25) is 9.20 Å². The number of carbonyl (C=O) groups excluding carboxylic acids is 2. The summed E-state index contributed by atoms with van der Waals surface area (Å²) in [7, 11) is 0. The first-order valence-electron chi connectivity index (χ1n) is 5.87. The van der Waals surface area contributed by atoms with Crippen molar-refractivity contribution in [3.05, 3.63) is 34.9 Å². The van der Waals surface area contributed by atoms with E-state index in [9.17, 15) is 14.4 Å². The number of hydrogen-bond donors (Lipinski definition) is 0. The van der Waals surface area contributed by atoms with Crippen LogP contribution in [0.5, 0.6) is 0 Å². The number of nitrogens with zero attached hydrogens (tertiary/aromatic N) is 3. The van der Waals surface area contributed by atoms with Gasteiger partial charge < -0.3 is 4.74 Å². The topological polar surface area (TPSA) is 82.7 Å². The lowest BCUT2D eigenvalue weighted by atomic mass is 10.3. The lowest BCUT2D eigenvalue weighted by Crippen LogP contribution is -2.25. The zero-order valence-corrected chi connectivity index (χ0v) is 10.4. The van der Waals surface area contributed by atoms with Crippen LogP contribution in [0, 0.1) is 0 Å². The number of ether oxygens (including phenoxy) is 1. The summed E-state index contributed by atoms with van der Waals surface area (Å²) in [5.41, 5.74) is 0.156. The molecule has 7 heteroatoms. The van der Waals surface area contributed by atoms with Gasteiger partial charge in [-0.15, -0.1) is 5.10 Å². The van der Waals surface area contributed by atoms with Gasteiger partial charge in [-0.2, -0.15) is 0 Å². The largest absolute Gasteiger partial charge is 0.460 e. The molecular weight excluding hydrogens is 250 g/mol. The quantitative estimate of drug-likeness (QED) is 0.561. The second kappa shape index (κ2) is 5.47. The first-order valence-corrected chi connectivity index (χ1v) is 5.87. The standard InChI is InChI=1S/C12H13N3O4/c1-2-19-11(17)9(16)6-8-15-12(18)14-7-4-3-5-10(14)13-15/h3-5,7H,2,6,8H2,1H3. The van der Waals surface area contributed by atoms with Crippen LogP contribution in [0.1, 0.15) is 13.3 Å². The van der Waals surface area contributed by atoms with E-state index < -0.39 is 11.8 Å². The van der Waals surface area contributed by atoms with Crippen molar-refractivity contribution in [2.24, 2.45) is 0 Å². The summed E-state index contributed by atoms with van der Waals surface area (Å²) in [4.78, 5) is 34.4. The number of hydrogen-bond acceptors (Lipinski definition) is 5. The predicted octanol–water partition coefficient (Wildman–Crippen LogP) is 0.0183. The number of rotatable bonds is 5. The molecule has 0 saturated heterocycles.